The van der Waals surface area contributed by atoms with Gasteiger partial charge in [0, 0.05) is 25.1 Å². The molecule has 1 saturated heterocycles. The highest BCUT2D eigenvalue weighted by Crippen LogP contribution is 2.37. The number of methoxy groups -OCH3 is 1. The molecule has 0 spiro atoms. The number of aromatic nitrogens is 4. The van der Waals surface area contributed by atoms with Crippen molar-refractivity contribution in [1.29, 1.82) is 0 Å². The van der Waals surface area contributed by atoms with Crippen LogP contribution >= 0.6 is 0 Å². The molecule has 2 aliphatic rings. The Morgan fingerprint density at radius 2 is 1.95 bits per heavy atom. The lowest BCUT2D eigenvalue weighted by molar-refractivity contribution is -0.323. The van der Waals surface area contributed by atoms with E-state index >= 15 is 0 Å². The van der Waals surface area contributed by atoms with Crippen molar-refractivity contribution in [1.82, 2.24) is 30.6 Å². The molecule has 2 fully saturated rings. The van der Waals surface area contributed by atoms with Crippen LogP contribution in [0.3, 0.4) is 0 Å². The number of nitrogens with zero attached hydrogens (tertiary/aromatic N) is 5. The fourth-order valence-corrected chi connectivity index (χ4v) is 3.97. The molecule has 1 saturated carbocycles. The van der Waals surface area contributed by atoms with Crippen molar-refractivity contribution in [2.45, 2.75) is 31.6 Å². The molecule has 0 atom stereocenters. The summed E-state index contributed by atoms with van der Waals surface area (Å²) < 4.78 is 11.0. The van der Waals surface area contributed by atoms with E-state index in [4.69, 9.17) is 9.26 Å². The second-order valence-corrected chi connectivity index (χ2v) is 9.22. The fraction of sp³-hybridized carbons (Fsp3) is 0.391. The Balaban J connectivity index is 1.44. The number of benzene rings is 1. The van der Waals surface area contributed by atoms with Gasteiger partial charge in [-0.3, -0.25) is 19.8 Å². The summed E-state index contributed by atoms with van der Waals surface area (Å²) in [4.78, 5) is 31.2. The zero-order chi connectivity index (χ0) is 27.7. The van der Waals surface area contributed by atoms with Crippen LogP contribution in [0.25, 0.3) is 11.4 Å². The lowest BCUT2D eigenvalue weighted by atomic mass is 10.1. The number of para-hydroxylation sites is 1. The van der Waals surface area contributed by atoms with Crippen molar-refractivity contribution in [3.63, 3.8) is 0 Å². The summed E-state index contributed by atoms with van der Waals surface area (Å²) in [6, 6.07) is 6.33. The molecule has 16 nitrogen and oxygen atoms in total. The highest BCUT2D eigenvalue weighted by atomic mass is 16.7. The van der Waals surface area contributed by atoms with E-state index < -0.39 is 17.7 Å². The molecule has 5 rings (SSSR count). The van der Waals surface area contributed by atoms with E-state index in [2.05, 4.69) is 31.0 Å². The Labute approximate surface area is 220 Å². The first-order chi connectivity index (χ1) is 18.6. The van der Waals surface area contributed by atoms with Gasteiger partial charge < -0.3 is 40.3 Å². The molecule has 0 bridgehead atoms. The second-order valence-electron chi connectivity index (χ2n) is 9.22. The molecule has 3 aromatic rings. The Morgan fingerprint density at radius 3 is 2.62 bits per heavy atom. The normalized spacial score (nSPS) is 15.9. The van der Waals surface area contributed by atoms with Crippen LogP contribution in [0.5, 0.6) is 5.75 Å². The van der Waals surface area contributed by atoms with Gasteiger partial charge in [-0.25, -0.2) is 0 Å². The summed E-state index contributed by atoms with van der Waals surface area (Å²) in [5, 5.41) is 55.9. The van der Waals surface area contributed by atoms with Crippen LogP contribution in [0.15, 0.2) is 28.8 Å². The van der Waals surface area contributed by atoms with Crippen LogP contribution in [-0.4, -0.2) is 89.9 Å². The number of carbonyl (C=O) groups excluding carboxylic acids is 2. The third-order valence-corrected chi connectivity index (χ3v) is 5.98. The number of aliphatic hydroxyl groups is 4. The maximum Gasteiger partial charge on any atom is 0.369 e. The van der Waals surface area contributed by atoms with E-state index in [1.807, 2.05) is 4.90 Å². The average Bonchev–Trinajstić information content (AvgIpc) is 3.61. The summed E-state index contributed by atoms with van der Waals surface area (Å²) >= 11 is 0. The van der Waals surface area contributed by atoms with Crippen LogP contribution in [0.1, 0.15) is 29.2 Å². The molecule has 2 aromatic heterocycles. The van der Waals surface area contributed by atoms with E-state index in [9.17, 15) is 30.0 Å². The molecular formula is C23H26N8O8. The summed E-state index contributed by atoms with van der Waals surface area (Å²) in [6.45, 7) is 1.41. The first-order valence-corrected chi connectivity index (χ1v) is 11.9. The lowest BCUT2D eigenvalue weighted by Gasteiger charge is -2.34. The van der Waals surface area contributed by atoms with Crippen molar-refractivity contribution in [2.75, 3.05) is 30.8 Å². The van der Waals surface area contributed by atoms with E-state index in [0.717, 1.165) is 12.8 Å². The summed E-state index contributed by atoms with van der Waals surface area (Å²) in [6.07, 6.45) is -2.34. The number of hydrogen-bond donors (Lipinski definition) is 7. The van der Waals surface area contributed by atoms with E-state index in [1.165, 1.54) is 13.2 Å². The number of aliphatic hydroxyl groups excluding tert-OH is 1. The monoisotopic (exact) mass is 542 g/mol. The number of nitrogens with one attached hydrogen (secondary N) is 3. The molecule has 0 unspecified atom stereocenters. The molecule has 206 valence electrons. The van der Waals surface area contributed by atoms with Crippen LogP contribution in [0.2, 0.25) is 0 Å². The van der Waals surface area contributed by atoms with Gasteiger partial charge in [0.25, 0.3) is 5.91 Å². The molecule has 1 aromatic carbocycles. The maximum atomic E-state index is 12.6. The van der Waals surface area contributed by atoms with Crippen molar-refractivity contribution in [3.05, 3.63) is 35.9 Å². The Morgan fingerprint density at radius 1 is 1.18 bits per heavy atom. The maximum absolute atomic E-state index is 12.6. The van der Waals surface area contributed by atoms with Gasteiger partial charge in [-0.15, -0.1) is 10.2 Å². The molecule has 3 heterocycles. The number of likely N-dealkylation sites (tertiary alicyclic amines) is 1. The van der Waals surface area contributed by atoms with Crippen molar-refractivity contribution in [2.24, 2.45) is 5.92 Å². The summed E-state index contributed by atoms with van der Waals surface area (Å²) in [7, 11) is 1.42. The largest absolute Gasteiger partial charge is 0.494 e. The van der Waals surface area contributed by atoms with Gasteiger partial charge in [0.15, 0.2) is 17.3 Å². The number of β-amino-alcohol motifs (C(OH)–C–C–N with tert-alkyl or cyclic N) is 1. The van der Waals surface area contributed by atoms with Gasteiger partial charge in [-0.05, 0) is 25.0 Å². The minimum absolute atomic E-state index is 0.00145. The molecule has 1 aliphatic heterocycles. The topological polar surface area (TPSA) is 228 Å². The zero-order valence-electron chi connectivity index (χ0n) is 20.7. The quantitative estimate of drug-likeness (QED) is 0.154. The predicted octanol–water partition coefficient (Wildman–Crippen LogP) is -0.878. The first-order valence-electron chi connectivity index (χ1n) is 11.9. The molecule has 2 amide bonds. The molecule has 16 heteroatoms. The number of anilines is 3. The predicted molar refractivity (Wildman–Crippen MR) is 131 cm³/mol. The SMILES string of the molecule is COc1c(Nc2cc(NC(=O)C3CC3)nnc2C(=O)NC(O)(O)O)cccc1-c1noc(CN2CC(O)C2)n1. The third kappa shape index (κ3) is 6.27. The summed E-state index contributed by atoms with van der Waals surface area (Å²) in [5.74, 6) is -0.626. The van der Waals surface area contributed by atoms with Gasteiger partial charge in [0.05, 0.1) is 36.7 Å². The molecule has 1 aliphatic carbocycles. The number of carbonyl (C=O) groups is 2. The molecule has 0 radical (unpaired) electrons. The van der Waals surface area contributed by atoms with E-state index in [0.29, 0.717) is 36.8 Å². The Bertz CT molecular complexity index is 1380. The highest BCUT2D eigenvalue weighted by molar-refractivity contribution is 6.00. The minimum Gasteiger partial charge on any atom is -0.494 e. The Kier molecular flexibility index (Phi) is 7.11. The standard InChI is InChI=1S/C23H26N8O8/c1-38-19-13(20-26-17(39-30-20)10-31-8-12(32)9-31)3-2-4-14(19)24-15-7-16(25-21(33)11-5-6-11)28-29-18(15)22(34)27-23(35,36)37/h2-4,7,11-12,32,35-37H,5-6,8-10H2,1H3,(H,27,34)(H2,24,25,28,33). The minimum atomic E-state index is -3.50. The zero-order valence-corrected chi connectivity index (χ0v) is 20.7. The highest BCUT2D eigenvalue weighted by Gasteiger charge is 2.31. The van der Waals surface area contributed by atoms with Crippen LogP contribution in [-0.2, 0) is 11.3 Å². The van der Waals surface area contributed by atoms with Gasteiger partial charge in [0.2, 0.25) is 17.6 Å². The van der Waals surface area contributed by atoms with Gasteiger partial charge in [-0.2, -0.15) is 4.98 Å². The van der Waals surface area contributed by atoms with Crippen molar-refractivity contribution in [3.8, 4) is 17.1 Å². The third-order valence-electron chi connectivity index (χ3n) is 5.98. The van der Waals surface area contributed by atoms with Crippen molar-refractivity contribution < 1.29 is 39.3 Å². The average molecular weight is 543 g/mol. The van der Waals surface area contributed by atoms with Gasteiger partial charge >= 0.3 is 6.10 Å². The van der Waals surface area contributed by atoms with Crippen LogP contribution in [0, 0.1) is 5.92 Å². The number of amides is 2. The molecule has 39 heavy (non-hydrogen) atoms. The van der Waals surface area contributed by atoms with Crippen LogP contribution in [0.4, 0.5) is 17.2 Å². The van der Waals surface area contributed by atoms with E-state index in [1.54, 1.807) is 23.5 Å². The second kappa shape index (κ2) is 10.5. The van der Waals surface area contributed by atoms with Crippen LogP contribution < -0.4 is 20.7 Å². The van der Waals surface area contributed by atoms with E-state index in [-0.39, 0.29) is 41.0 Å². The number of ether oxygens (including phenoxy) is 1. The van der Waals surface area contributed by atoms with Gasteiger partial charge in [-0.1, -0.05) is 11.2 Å². The Hall–Kier alpha value is -4.22. The van der Waals surface area contributed by atoms with Crippen molar-refractivity contribution >= 4 is 29.0 Å². The van der Waals surface area contributed by atoms with Gasteiger partial charge in [0.1, 0.15) is 0 Å². The number of rotatable bonds is 10. The molecule has 7 N–H and O–H groups in total. The number of hydrogen-bond acceptors (Lipinski definition) is 14. The summed E-state index contributed by atoms with van der Waals surface area (Å²) in [5.41, 5.74) is 0.360. The first kappa shape index (κ1) is 26.4. The lowest BCUT2D eigenvalue weighted by Crippen LogP contribution is -2.49. The fourth-order valence-electron chi connectivity index (χ4n) is 3.97. The smallest absolute Gasteiger partial charge is 0.369 e. The molecular weight excluding hydrogens is 516 g/mol.